The molecule has 0 spiro atoms. The predicted octanol–water partition coefficient (Wildman–Crippen LogP) is 3.89. The van der Waals surface area contributed by atoms with Crippen LogP contribution < -0.4 is 15.4 Å². The molecule has 1 aromatic rings. The number of esters is 1. The summed E-state index contributed by atoms with van der Waals surface area (Å²) in [4.78, 5) is 36.7. The number of carbonyl (C=O) groups is 3. The van der Waals surface area contributed by atoms with E-state index in [9.17, 15) is 22.8 Å². The minimum atomic E-state index is -3.86. The number of nitrogens with one attached hydrogen (secondary N) is 3. The van der Waals surface area contributed by atoms with Crippen molar-refractivity contribution >= 4 is 27.9 Å². The Hall–Kier alpha value is -2.46. The monoisotopic (exact) mass is 545 g/mol. The van der Waals surface area contributed by atoms with Crippen molar-refractivity contribution in [3.05, 3.63) is 29.8 Å². The van der Waals surface area contributed by atoms with E-state index >= 15 is 0 Å². The molecule has 0 heterocycles. The molecule has 5 aliphatic carbocycles. The van der Waals surface area contributed by atoms with E-state index in [1.807, 2.05) is 6.92 Å². The normalized spacial score (nSPS) is 29.4. The van der Waals surface area contributed by atoms with Crippen LogP contribution in [0.1, 0.15) is 87.9 Å². The number of benzene rings is 1. The van der Waals surface area contributed by atoms with Crippen LogP contribution in [0.25, 0.3) is 0 Å². The quantitative estimate of drug-likeness (QED) is 0.425. The van der Waals surface area contributed by atoms with Crippen LogP contribution in [0.4, 0.5) is 4.79 Å². The van der Waals surface area contributed by atoms with Crippen LogP contribution in [0.2, 0.25) is 0 Å². The van der Waals surface area contributed by atoms with Crippen molar-refractivity contribution in [2.75, 3.05) is 6.61 Å². The highest BCUT2D eigenvalue weighted by molar-refractivity contribution is 7.89. The maximum absolute atomic E-state index is 13.3. The molecule has 0 saturated heterocycles. The molecule has 3 amide bonds. The van der Waals surface area contributed by atoms with Gasteiger partial charge in [-0.05, 0) is 99.7 Å². The molecule has 1 aromatic carbocycles. The van der Waals surface area contributed by atoms with E-state index in [1.165, 1.54) is 43.5 Å². The molecule has 0 unspecified atom stereocenters. The minimum Gasteiger partial charge on any atom is -0.452 e. The second kappa shape index (κ2) is 11.0. The molecule has 5 aliphatic rings. The first-order valence-electron chi connectivity index (χ1n) is 14.0. The van der Waals surface area contributed by atoms with Crippen molar-refractivity contribution in [3.8, 4) is 0 Å². The molecule has 0 aliphatic heterocycles. The second-order valence-electron chi connectivity index (χ2n) is 12.1. The maximum Gasteiger partial charge on any atom is 0.338 e. The zero-order valence-electron chi connectivity index (χ0n) is 22.0. The van der Waals surface area contributed by atoms with Gasteiger partial charge in [0.05, 0.1) is 10.5 Å². The third-order valence-corrected chi connectivity index (χ3v) is 10.8. The van der Waals surface area contributed by atoms with E-state index in [4.69, 9.17) is 4.74 Å². The molecule has 38 heavy (non-hydrogen) atoms. The summed E-state index contributed by atoms with van der Waals surface area (Å²) < 4.78 is 34.5. The summed E-state index contributed by atoms with van der Waals surface area (Å²) in [5.41, 5.74) is 0.0319. The van der Waals surface area contributed by atoms with Gasteiger partial charge in [0, 0.05) is 12.1 Å². The van der Waals surface area contributed by atoms with E-state index in [-0.39, 0.29) is 28.0 Å². The van der Waals surface area contributed by atoms with Crippen LogP contribution in [0.3, 0.4) is 0 Å². The summed E-state index contributed by atoms with van der Waals surface area (Å²) in [5, 5.41) is 4.94. The highest BCUT2D eigenvalue weighted by Crippen LogP contribution is 2.61. The highest BCUT2D eigenvalue weighted by atomic mass is 32.2. The Kier molecular flexibility index (Phi) is 7.82. The first-order chi connectivity index (χ1) is 18.1. The minimum absolute atomic E-state index is 0.00893. The lowest BCUT2D eigenvalue weighted by Crippen LogP contribution is -2.55. The van der Waals surface area contributed by atoms with Crippen LogP contribution in [0, 0.1) is 23.2 Å². The molecular formula is C28H39N3O6S. The fourth-order valence-electron chi connectivity index (χ4n) is 7.77. The predicted molar refractivity (Wildman–Crippen MR) is 141 cm³/mol. The Morgan fingerprint density at radius 3 is 2.26 bits per heavy atom. The SMILES string of the molecule is C[C@H](NS(=O)(=O)c1cccc(C(=O)OCC(=O)NC(=O)NC2CCCCC2)c1)C12CC3CC(CC(C3)C1)C2. The van der Waals surface area contributed by atoms with Gasteiger partial charge in [0.15, 0.2) is 6.61 Å². The zero-order valence-corrected chi connectivity index (χ0v) is 22.9. The number of ether oxygens (including phenoxy) is 1. The molecule has 10 heteroatoms. The molecule has 5 saturated carbocycles. The molecule has 4 bridgehead atoms. The van der Waals surface area contributed by atoms with Crippen molar-refractivity contribution in [1.29, 1.82) is 0 Å². The average Bonchev–Trinajstić information content (AvgIpc) is 2.87. The summed E-state index contributed by atoms with van der Waals surface area (Å²) in [6.07, 6.45) is 12.1. The second-order valence-corrected chi connectivity index (χ2v) is 13.8. The number of urea groups is 1. The van der Waals surface area contributed by atoms with Crippen molar-refractivity contribution < 1.29 is 27.5 Å². The lowest BCUT2D eigenvalue weighted by Gasteiger charge is -2.59. The Labute approximate surface area is 224 Å². The lowest BCUT2D eigenvalue weighted by atomic mass is 9.48. The topological polar surface area (TPSA) is 131 Å². The van der Waals surface area contributed by atoms with Gasteiger partial charge in [0.25, 0.3) is 5.91 Å². The standard InChI is InChI=1S/C28H39N3O6S/c1-18(28-14-19-10-20(15-28)12-21(11-19)16-28)31-38(35,36)24-9-5-6-22(13-24)26(33)37-17-25(32)30-27(34)29-23-7-3-2-4-8-23/h5-6,9,13,18-21,23,31H,2-4,7-8,10-12,14-17H2,1H3,(H2,29,30,32,34)/t18-,19?,20?,21?,28?/m0/s1. The summed E-state index contributed by atoms with van der Waals surface area (Å²) in [5.74, 6) is 0.547. The largest absolute Gasteiger partial charge is 0.452 e. The zero-order chi connectivity index (χ0) is 26.9. The van der Waals surface area contributed by atoms with Gasteiger partial charge in [-0.15, -0.1) is 0 Å². The number of carbonyl (C=O) groups excluding carboxylic acids is 3. The van der Waals surface area contributed by atoms with Gasteiger partial charge in [-0.3, -0.25) is 10.1 Å². The Morgan fingerprint density at radius 2 is 1.63 bits per heavy atom. The van der Waals surface area contributed by atoms with E-state index in [2.05, 4.69) is 15.4 Å². The van der Waals surface area contributed by atoms with Crippen LogP contribution in [-0.2, 0) is 19.6 Å². The fraction of sp³-hybridized carbons (Fsp3) is 0.679. The van der Waals surface area contributed by atoms with Gasteiger partial charge in [-0.2, -0.15) is 0 Å². The summed E-state index contributed by atoms with van der Waals surface area (Å²) in [6.45, 7) is 1.33. The molecule has 0 aromatic heterocycles. The van der Waals surface area contributed by atoms with Gasteiger partial charge in [-0.1, -0.05) is 25.3 Å². The highest BCUT2D eigenvalue weighted by Gasteiger charge is 2.53. The van der Waals surface area contributed by atoms with E-state index in [0.29, 0.717) is 17.8 Å². The van der Waals surface area contributed by atoms with Crippen molar-refractivity contribution in [1.82, 2.24) is 15.4 Å². The Balaban J connectivity index is 1.15. The van der Waals surface area contributed by atoms with Gasteiger partial charge in [-0.25, -0.2) is 22.7 Å². The fourth-order valence-corrected chi connectivity index (χ4v) is 9.16. The molecular weight excluding hydrogens is 506 g/mol. The molecule has 6 rings (SSSR count). The molecule has 9 nitrogen and oxygen atoms in total. The third-order valence-electron chi connectivity index (χ3n) is 9.24. The van der Waals surface area contributed by atoms with E-state index < -0.39 is 34.5 Å². The van der Waals surface area contributed by atoms with Crippen LogP contribution in [0.15, 0.2) is 29.2 Å². The number of hydrogen-bond acceptors (Lipinski definition) is 6. The summed E-state index contributed by atoms with van der Waals surface area (Å²) in [7, 11) is -3.86. The van der Waals surface area contributed by atoms with Gasteiger partial charge in [0.1, 0.15) is 0 Å². The molecule has 0 radical (unpaired) electrons. The van der Waals surface area contributed by atoms with E-state index in [1.54, 1.807) is 0 Å². The molecule has 1 atom stereocenters. The number of amides is 3. The van der Waals surface area contributed by atoms with Crippen LogP contribution in [-0.4, -0.2) is 45.0 Å². The average molecular weight is 546 g/mol. The maximum atomic E-state index is 13.3. The van der Waals surface area contributed by atoms with E-state index in [0.717, 1.165) is 51.4 Å². The van der Waals surface area contributed by atoms with Gasteiger partial charge >= 0.3 is 12.0 Å². The Morgan fingerprint density at radius 1 is 1.00 bits per heavy atom. The molecule has 5 fully saturated rings. The third kappa shape index (κ3) is 6.06. The number of hydrogen-bond donors (Lipinski definition) is 3. The summed E-state index contributed by atoms with van der Waals surface area (Å²) >= 11 is 0. The lowest BCUT2D eigenvalue weighted by molar-refractivity contribution is -0.123. The first kappa shape index (κ1) is 27.1. The first-order valence-corrected chi connectivity index (χ1v) is 15.5. The number of rotatable bonds is 8. The summed E-state index contributed by atoms with van der Waals surface area (Å²) in [6, 6.07) is 4.89. The van der Waals surface area contributed by atoms with Crippen molar-refractivity contribution in [2.24, 2.45) is 23.2 Å². The molecule has 208 valence electrons. The number of sulfonamides is 1. The number of imide groups is 1. The van der Waals surface area contributed by atoms with Crippen molar-refractivity contribution in [3.63, 3.8) is 0 Å². The van der Waals surface area contributed by atoms with Gasteiger partial charge < -0.3 is 10.1 Å². The smallest absolute Gasteiger partial charge is 0.338 e. The van der Waals surface area contributed by atoms with Crippen molar-refractivity contribution in [2.45, 2.75) is 94.5 Å². The van der Waals surface area contributed by atoms with Crippen LogP contribution in [0.5, 0.6) is 0 Å². The Bertz CT molecular complexity index is 1140. The van der Waals surface area contributed by atoms with Gasteiger partial charge in [0.2, 0.25) is 10.0 Å². The molecule has 3 N–H and O–H groups in total. The van der Waals surface area contributed by atoms with Crippen LogP contribution >= 0.6 is 0 Å².